The van der Waals surface area contributed by atoms with Crippen molar-refractivity contribution in [3.63, 3.8) is 0 Å². The van der Waals surface area contributed by atoms with Crippen molar-refractivity contribution in [3.05, 3.63) is 0 Å². The van der Waals surface area contributed by atoms with Gasteiger partial charge < -0.3 is 4.74 Å². The Balaban J connectivity index is 1.95. The molecule has 6 heteroatoms. The van der Waals surface area contributed by atoms with Crippen LogP contribution in [-0.2, 0) is 19.6 Å². The number of methoxy groups -OCH3 is 1. The maximum atomic E-state index is 12.3. The summed E-state index contributed by atoms with van der Waals surface area (Å²) in [5, 5.41) is -0.610. The first-order valence-corrected chi connectivity index (χ1v) is 8.65. The van der Waals surface area contributed by atoms with E-state index in [1.165, 1.54) is 20.0 Å². The zero-order chi connectivity index (χ0) is 13.9. The molecule has 2 aliphatic rings. The van der Waals surface area contributed by atoms with E-state index in [1.807, 2.05) is 0 Å². The lowest BCUT2D eigenvalue weighted by atomic mass is 10.1. The van der Waals surface area contributed by atoms with Crippen molar-refractivity contribution >= 4 is 16.0 Å². The summed E-state index contributed by atoms with van der Waals surface area (Å²) < 4.78 is 32.0. The molecule has 2 rings (SSSR count). The molecule has 0 aromatic heterocycles. The molecule has 5 nitrogen and oxygen atoms in total. The Morgan fingerprint density at radius 3 is 2.47 bits per heavy atom. The SMILES string of the molecule is COC(=O)C1CCCC1S(=O)(=O)NCC1CCCC1. The van der Waals surface area contributed by atoms with Crippen LogP contribution in [-0.4, -0.2) is 33.3 Å². The Labute approximate surface area is 115 Å². The van der Waals surface area contributed by atoms with Gasteiger partial charge in [0.2, 0.25) is 10.0 Å². The molecule has 0 spiro atoms. The number of carbonyl (C=O) groups is 1. The molecule has 2 unspecified atom stereocenters. The molecule has 2 atom stereocenters. The third-order valence-corrected chi connectivity index (χ3v) is 6.33. The van der Waals surface area contributed by atoms with Gasteiger partial charge in [0, 0.05) is 6.54 Å². The Bertz CT molecular complexity index is 414. The molecular formula is C13H23NO4S. The number of ether oxygens (including phenoxy) is 1. The Kier molecular flexibility index (Phi) is 4.84. The summed E-state index contributed by atoms with van der Waals surface area (Å²) in [5.41, 5.74) is 0. The number of carbonyl (C=O) groups excluding carboxylic acids is 1. The molecule has 110 valence electrons. The van der Waals surface area contributed by atoms with E-state index in [2.05, 4.69) is 4.72 Å². The molecule has 0 aromatic carbocycles. The van der Waals surface area contributed by atoms with Crippen molar-refractivity contribution in [1.29, 1.82) is 0 Å². The molecule has 2 saturated carbocycles. The summed E-state index contributed by atoms with van der Waals surface area (Å²) in [7, 11) is -2.09. The minimum Gasteiger partial charge on any atom is -0.469 e. The second-order valence-electron chi connectivity index (χ2n) is 5.64. The zero-order valence-electron chi connectivity index (χ0n) is 11.4. The third kappa shape index (κ3) is 3.48. The molecule has 2 fully saturated rings. The van der Waals surface area contributed by atoms with Gasteiger partial charge in [0.15, 0.2) is 0 Å². The standard InChI is InChI=1S/C13H23NO4S/c1-18-13(15)11-7-4-8-12(11)19(16,17)14-9-10-5-2-3-6-10/h10-12,14H,2-9H2,1H3. The first-order chi connectivity index (χ1) is 9.04. The van der Waals surface area contributed by atoms with Gasteiger partial charge in [0.25, 0.3) is 0 Å². The Morgan fingerprint density at radius 1 is 1.16 bits per heavy atom. The average molecular weight is 289 g/mol. The molecule has 0 aromatic rings. The molecule has 2 aliphatic carbocycles. The summed E-state index contributed by atoms with van der Waals surface area (Å²) in [6, 6.07) is 0. The highest BCUT2D eigenvalue weighted by molar-refractivity contribution is 7.90. The number of hydrogen-bond acceptors (Lipinski definition) is 4. The van der Waals surface area contributed by atoms with Gasteiger partial charge in [-0.2, -0.15) is 0 Å². The van der Waals surface area contributed by atoms with Crippen molar-refractivity contribution < 1.29 is 17.9 Å². The molecule has 19 heavy (non-hydrogen) atoms. The van der Waals surface area contributed by atoms with Crippen LogP contribution >= 0.6 is 0 Å². The third-order valence-electron chi connectivity index (χ3n) is 4.40. The maximum absolute atomic E-state index is 12.3. The van der Waals surface area contributed by atoms with E-state index in [0.717, 1.165) is 19.3 Å². The van der Waals surface area contributed by atoms with Gasteiger partial charge in [0.05, 0.1) is 18.3 Å². The lowest BCUT2D eigenvalue weighted by molar-refractivity contribution is -0.145. The molecule has 0 heterocycles. The van der Waals surface area contributed by atoms with Crippen LogP contribution in [0.5, 0.6) is 0 Å². The van der Waals surface area contributed by atoms with E-state index in [1.54, 1.807) is 0 Å². The monoisotopic (exact) mass is 289 g/mol. The fraction of sp³-hybridized carbons (Fsp3) is 0.923. The van der Waals surface area contributed by atoms with Gasteiger partial charge in [-0.05, 0) is 31.6 Å². The average Bonchev–Trinajstić information content (AvgIpc) is 3.06. The number of hydrogen-bond donors (Lipinski definition) is 1. The van der Waals surface area contributed by atoms with Crippen LogP contribution in [0.1, 0.15) is 44.9 Å². The van der Waals surface area contributed by atoms with Gasteiger partial charge in [-0.3, -0.25) is 4.79 Å². The van der Waals surface area contributed by atoms with Crippen molar-refractivity contribution in [2.45, 2.75) is 50.2 Å². The van der Waals surface area contributed by atoms with Crippen molar-refractivity contribution in [2.24, 2.45) is 11.8 Å². The van der Waals surface area contributed by atoms with Gasteiger partial charge >= 0.3 is 5.97 Å². The number of esters is 1. The van der Waals surface area contributed by atoms with Crippen LogP contribution in [0.15, 0.2) is 0 Å². The van der Waals surface area contributed by atoms with Crippen LogP contribution in [0.3, 0.4) is 0 Å². The van der Waals surface area contributed by atoms with E-state index in [4.69, 9.17) is 4.74 Å². The summed E-state index contributed by atoms with van der Waals surface area (Å²) in [6.45, 7) is 0.521. The molecule has 1 N–H and O–H groups in total. The normalized spacial score (nSPS) is 28.7. The summed E-state index contributed by atoms with van der Waals surface area (Å²) in [6.07, 6.45) is 6.54. The lowest BCUT2D eigenvalue weighted by Gasteiger charge is -2.19. The zero-order valence-corrected chi connectivity index (χ0v) is 12.2. The van der Waals surface area contributed by atoms with Crippen LogP contribution in [0.2, 0.25) is 0 Å². The Hall–Kier alpha value is -0.620. The van der Waals surface area contributed by atoms with E-state index in [-0.39, 0.29) is 0 Å². The fourth-order valence-corrected chi connectivity index (χ4v) is 5.11. The molecular weight excluding hydrogens is 266 g/mol. The molecule has 0 amide bonds. The van der Waals surface area contributed by atoms with E-state index < -0.39 is 27.2 Å². The van der Waals surface area contributed by atoms with Gasteiger partial charge in [0.1, 0.15) is 0 Å². The molecule has 0 bridgehead atoms. The second-order valence-corrected chi connectivity index (χ2v) is 7.63. The highest BCUT2D eigenvalue weighted by Gasteiger charge is 2.42. The largest absolute Gasteiger partial charge is 0.469 e. The molecule has 0 saturated heterocycles. The smallest absolute Gasteiger partial charge is 0.310 e. The predicted molar refractivity (Wildman–Crippen MR) is 72.0 cm³/mol. The van der Waals surface area contributed by atoms with E-state index in [9.17, 15) is 13.2 Å². The molecule has 0 radical (unpaired) electrons. The van der Waals surface area contributed by atoms with Gasteiger partial charge in [-0.1, -0.05) is 19.3 Å². The first kappa shape index (κ1) is 14.8. The van der Waals surface area contributed by atoms with Crippen LogP contribution < -0.4 is 4.72 Å². The van der Waals surface area contributed by atoms with E-state index >= 15 is 0 Å². The van der Waals surface area contributed by atoms with Crippen molar-refractivity contribution in [2.75, 3.05) is 13.7 Å². The van der Waals surface area contributed by atoms with Gasteiger partial charge in [-0.15, -0.1) is 0 Å². The first-order valence-electron chi connectivity index (χ1n) is 7.11. The lowest BCUT2D eigenvalue weighted by Crippen LogP contribution is -2.41. The van der Waals surface area contributed by atoms with Crippen LogP contribution in [0, 0.1) is 11.8 Å². The van der Waals surface area contributed by atoms with Crippen LogP contribution in [0.25, 0.3) is 0 Å². The van der Waals surface area contributed by atoms with Crippen molar-refractivity contribution in [3.8, 4) is 0 Å². The fourth-order valence-electron chi connectivity index (χ4n) is 3.27. The van der Waals surface area contributed by atoms with Crippen molar-refractivity contribution in [1.82, 2.24) is 4.72 Å². The summed E-state index contributed by atoms with van der Waals surface area (Å²) in [4.78, 5) is 11.6. The summed E-state index contributed by atoms with van der Waals surface area (Å²) in [5.74, 6) is -0.424. The minimum atomic E-state index is -3.40. The summed E-state index contributed by atoms with van der Waals surface area (Å²) >= 11 is 0. The van der Waals surface area contributed by atoms with E-state index in [0.29, 0.717) is 25.3 Å². The Morgan fingerprint density at radius 2 is 1.84 bits per heavy atom. The number of sulfonamides is 1. The number of nitrogens with one attached hydrogen (secondary N) is 1. The second kappa shape index (κ2) is 6.22. The van der Waals surface area contributed by atoms with Gasteiger partial charge in [-0.25, -0.2) is 13.1 Å². The topological polar surface area (TPSA) is 72.5 Å². The highest BCUT2D eigenvalue weighted by Crippen LogP contribution is 2.32. The quantitative estimate of drug-likeness (QED) is 0.777. The molecule has 0 aliphatic heterocycles. The maximum Gasteiger partial charge on any atom is 0.310 e. The highest BCUT2D eigenvalue weighted by atomic mass is 32.2. The number of rotatable bonds is 5. The minimum absolute atomic E-state index is 0.395. The van der Waals surface area contributed by atoms with Crippen LogP contribution in [0.4, 0.5) is 0 Å². The predicted octanol–water partition coefficient (Wildman–Crippen LogP) is 1.44.